The molecule has 0 spiro atoms. The Hall–Kier alpha value is -4.76. The zero-order valence-electron chi connectivity index (χ0n) is 25.4. The van der Waals surface area contributed by atoms with Crippen LogP contribution in [0.3, 0.4) is 0 Å². The third-order valence-electron chi connectivity index (χ3n) is 6.58. The molecule has 16 nitrogen and oxygen atoms in total. The second-order valence-corrected chi connectivity index (χ2v) is 11.2. The first-order chi connectivity index (χ1) is 20.6. The predicted octanol–water partition coefficient (Wildman–Crippen LogP) is -0.765. The van der Waals surface area contributed by atoms with E-state index in [1.165, 1.54) is 13.8 Å². The summed E-state index contributed by atoms with van der Waals surface area (Å²) in [6, 6.07) is -2.72. The van der Waals surface area contributed by atoms with Crippen molar-refractivity contribution in [3.05, 3.63) is 41.4 Å². The zero-order chi connectivity index (χ0) is 32.9. The molecule has 0 fully saturated rings. The number of ether oxygens (including phenoxy) is 2. The van der Waals surface area contributed by atoms with Gasteiger partial charge in [0.2, 0.25) is 11.8 Å². The number of aromatic nitrogens is 4. The molecule has 0 aliphatic heterocycles. The van der Waals surface area contributed by atoms with Crippen LogP contribution in [-0.4, -0.2) is 69.2 Å². The fraction of sp³-hybridized carbons (Fsp3) is 0.571. The lowest BCUT2D eigenvalue weighted by atomic mass is 10.0. The Morgan fingerprint density at radius 1 is 0.614 bits per heavy atom. The van der Waals surface area contributed by atoms with Crippen LogP contribution in [0, 0.1) is 11.8 Å². The third kappa shape index (κ3) is 7.41. The summed E-state index contributed by atoms with van der Waals surface area (Å²) in [5.41, 5.74) is -6.08. The van der Waals surface area contributed by atoms with E-state index in [2.05, 4.69) is 20.6 Å². The minimum atomic E-state index is -1.36. The van der Waals surface area contributed by atoms with Crippen LogP contribution in [0.25, 0.3) is 22.1 Å². The molecule has 1 unspecified atom stereocenters. The first kappa shape index (κ1) is 33.7. The number of rotatable bonds is 14. The van der Waals surface area contributed by atoms with E-state index in [1.54, 1.807) is 27.7 Å². The largest absolute Gasteiger partial charge is 0.462 e. The number of carbonyl (C=O) groups excluding carboxylic acids is 4. The number of nitrogens with one attached hydrogen (secondary N) is 2. The van der Waals surface area contributed by atoms with Crippen LogP contribution in [-0.2, 0) is 28.7 Å². The van der Waals surface area contributed by atoms with Gasteiger partial charge in [-0.2, -0.15) is 0 Å². The molecule has 3 aromatic heterocycles. The average Bonchev–Trinajstić information content (AvgIpc) is 3.32. The number of esters is 2. The fourth-order valence-corrected chi connectivity index (χ4v) is 4.70. The molecule has 0 radical (unpaired) electrons. The lowest BCUT2D eigenvalue weighted by molar-refractivity contribution is -0.149. The van der Waals surface area contributed by atoms with Gasteiger partial charge in [0, 0.05) is 13.8 Å². The van der Waals surface area contributed by atoms with Crippen LogP contribution in [0.2, 0.25) is 0 Å². The molecular formula is C28H36N6O10. The van der Waals surface area contributed by atoms with Crippen LogP contribution in [0.15, 0.2) is 19.2 Å². The maximum absolute atomic E-state index is 13.4. The molecule has 0 aromatic carbocycles. The van der Waals surface area contributed by atoms with Crippen LogP contribution < -0.4 is 32.9 Å². The van der Waals surface area contributed by atoms with Crippen molar-refractivity contribution in [1.29, 1.82) is 0 Å². The maximum atomic E-state index is 13.4. The highest BCUT2D eigenvalue weighted by molar-refractivity contribution is 5.87. The Labute approximate surface area is 250 Å². The van der Waals surface area contributed by atoms with Crippen molar-refractivity contribution in [3.63, 3.8) is 0 Å². The molecule has 0 saturated heterocycles. The molecule has 44 heavy (non-hydrogen) atoms. The van der Waals surface area contributed by atoms with E-state index in [9.17, 15) is 38.4 Å². The summed E-state index contributed by atoms with van der Waals surface area (Å²) < 4.78 is 11.7. The van der Waals surface area contributed by atoms with Crippen molar-refractivity contribution < 1.29 is 28.7 Å². The molecule has 2 amide bonds. The van der Waals surface area contributed by atoms with Crippen LogP contribution in [0.4, 0.5) is 0 Å². The maximum Gasteiger partial charge on any atom is 0.329 e. The lowest BCUT2D eigenvalue weighted by Gasteiger charge is -2.18. The van der Waals surface area contributed by atoms with Crippen LogP contribution in [0.1, 0.15) is 66.5 Å². The number of hydrogen-bond acceptors (Lipinski definition) is 12. The van der Waals surface area contributed by atoms with Crippen LogP contribution >= 0.6 is 0 Å². The predicted molar refractivity (Wildman–Crippen MR) is 157 cm³/mol. The van der Waals surface area contributed by atoms with E-state index < -0.39 is 68.3 Å². The molecule has 3 heterocycles. The second-order valence-electron chi connectivity index (χ2n) is 11.2. The lowest BCUT2D eigenvalue weighted by Crippen LogP contribution is -2.37. The van der Waals surface area contributed by atoms with Crippen molar-refractivity contribution in [3.8, 4) is 0 Å². The van der Waals surface area contributed by atoms with Gasteiger partial charge in [-0.1, -0.05) is 27.7 Å². The van der Waals surface area contributed by atoms with Gasteiger partial charge in [-0.25, -0.2) is 19.6 Å². The molecule has 0 bridgehead atoms. The van der Waals surface area contributed by atoms with Gasteiger partial charge in [-0.15, -0.1) is 0 Å². The van der Waals surface area contributed by atoms with Gasteiger partial charge >= 0.3 is 11.9 Å². The summed E-state index contributed by atoms with van der Waals surface area (Å²) in [5, 5.41) is 4.93. The summed E-state index contributed by atoms with van der Waals surface area (Å²) in [7, 11) is 0. The highest BCUT2D eigenvalue weighted by atomic mass is 16.5. The fourth-order valence-electron chi connectivity index (χ4n) is 4.70. The molecule has 3 rings (SSSR count). The SMILES string of the molecule is CC(=O)NCCOC(=O)C(CC(C)C)n1c(=O)c2nc3c(=O)n([C@H](CC(C)C)C(=O)OCCNC(C)=O)c(=O)c3nc2c1=O. The Bertz CT molecular complexity index is 1580. The van der Waals surface area contributed by atoms with Gasteiger partial charge in [-0.3, -0.25) is 37.9 Å². The number of amides is 2. The van der Waals surface area contributed by atoms with Gasteiger partial charge in [0.15, 0.2) is 22.1 Å². The normalized spacial score (nSPS) is 12.9. The van der Waals surface area contributed by atoms with E-state index in [0.717, 1.165) is 0 Å². The topological polar surface area (TPSA) is 215 Å². The molecule has 2 N–H and O–H groups in total. The molecule has 0 aliphatic carbocycles. The minimum Gasteiger partial charge on any atom is -0.462 e. The van der Waals surface area contributed by atoms with Gasteiger partial charge in [0.25, 0.3) is 22.2 Å². The number of carbonyl (C=O) groups is 4. The summed E-state index contributed by atoms with van der Waals surface area (Å²) in [5.74, 6) is -2.77. The van der Waals surface area contributed by atoms with Crippen molar-refractivity contribution in [1.82, 2.24) is 29.7 Å². The number of fused-ring (bicyclic) bond motifs is 2. The van der Waals surface area contributed by atoms with E-state index in [0.29, 0.717) is 9.13 Å². The van der Waals surface area contributed by atoms with Crippen molar-refractivity contribution in [2.45, 2.75) is 66.5 Å². The number of nitrogens with zero attached hydrogens (tertiary/aromatic N) is 4. The Morgan fingerprint density at radius 3 is 1.16 bits per heavy atom. The Kier molecular flexibility index (Phi) is 10.8. The van der Waals surface area contributed by atoms with Crippen molar-refractivity contribution in [2.24, 2.45) is 11.8 Å². The minimum absolute atomic E-state index is 0.0226. The molecular weight excluding hydrogens is 580 g/mol. The van der Waals surface area contributed by atoms with E-state index >= 15 is 0 Å². The quantitative estimate of drug-likeness (QED) is 0.169. The van der Waals surface area contributed by atoms with E-state index in [1.807, 2.05) is 0 Å². The standard InChI is InChI=1S/C28H36N6O10/c1-13(2)11-17(27(41)43-9-7-29-15(5)35)33-23(37)19-20(24(33)38)32-22-21(31-19)25(39)34(26(22)40)18(12-14(3)4)28(42)44-10-8-30-16(6)36/h13-14,17-18H,7-12H2,1-6H3,(H,29,35)(H,30,36)/t17-,18?/m1/s1. The summed E-state index contributed by atoms with van der Waals surface area (Å²) >= 11 is 0. The summed E-state index contributed by atoms with van der Waals surface area (Å²) in [6.45, 7) is 9.30. The van der Waals surface area contributed by atoms with Gasteiger partial charge in [-0.05, 0) is 24.7 Å². The smallest absolute Gasteiger partial charge is 0.329 e. The molecule has 2 atom stereocenters. The third-order valence-corrected chi connectivity index (χ3v) is 6.58. The van der Waals surface area contributed by atoms with Gasteiger partial charge in [0.1, 0.15) is 25.3 Å². The van der Waals surface area contributed by atoms with E-state index in [4.69, 9.17) is 9.47 Å². The average molecular weight is 617 g/mol. The van der Waals surface area contributed by atoms with Gasteiger partial charge in [0.05, 0.1) is 13.1 Å². The van der Waals surface area contributed by atoms with Crippen LogP contribution in [0.5, 0.6) is 0 Å². The van der Waals surface area contributed by atoms with Crippen molar-refractivity contribution in [2.75, 3.05) is 26.3 Å². The first-order valence-corrected chi connectivity index (χ1v) is 14.2. The molecule has 16 heteroatoms. The molecule has 3 aromatic rings. The Morgan fingerprint density at radius 2 is 0.909 bits per heavy atom. The molecule has 0 saturated carbocycles. The monoisotopic (exact) mass is 616 g/mol. The Balaban J connectivity index is 2.09. The molecule has 0 aliphatic rings. The molecule has 238 valence electrons. The van der Waals surface area contributed by atoms with Gasteiger partial charge < -0.3 is 20.1 Å². The zero-order valence-corrected chi connectivity index (χ0v) is 25.4. The first-order valence-electron chi connectivity index (χ1n) is 14.2. The number of hydrogen-bond donors (Lipinski definition) is 2. The second kappa shape index (κ2) is 14.1. The van der Waals surface area contributed by atoms with E-state index in [-0.39, 0.29) is 62.8 Å². The summed E-state index contributed by atoms with van der Waals surface area (Å²) in [6.07, 6.45) is 0.0768. The highest BCUT2D eigenvalue weighted by Crippen LogP contribution is 2.20. The summed E-state index contributed by atoms with van der Waals surface area (Å²) in [4.78, 5) is 110. The van der Waals surface area contributed by atoms with Crippen molar-refractivity contribution >= 4 is 45.8 Å². The highest BCUT2D eigenvalue weighted by Gasteiger charge is 2.33.